The highest BCUT2D eigenvalue weighted by molar-refractivity contribution is 14.0. The molecule has 2 atom stereocenters. The smallest absolute Gasteiger partial charge is 0.191 e. The number of aromatic nitrogens is 1. The second-order valence-electron chi connectivity index (χ2n) is 8.65. The van der Waals surface area contributed by atoms with Gasteiger partial charge in [-0.25, -0.2) is 0 Å². The zero-order chi connectivity index (χ0) is 20.2. The number of nitrogens with zero attached hydrogens (tertiary/aromatic N) is 3. The normalized spacial score (nSPS) is 24.0. The molecule has 4 rings (SSSR count). The number of benzene rings is 1. The van der Waals surface area contributed by atoms with Gasteiger partial charge in [0.05, 0.1) is 12.2 Å². The lowest BCUT2D eigenvalue weighted by Gasteiger charge is -2.39. The second-order valence-corrected chi connectivity index (χ2v) is 8.65. The number of hydrogen-bond donors (Lipinski definition) is 2. The average molecular weight is 523 g/mol. The molecule has 2 N–H and O–H groups in total. The van der Waals surface area contributed by atoms with Gasteiger partial charge >= 0.3 is 0 Å². The molecule has 2 bridgehead atoms. The zero-order valence-electron chi connectivity index (χ0n) is 18.2. The molecule has 1 aromatic carbocycles. The van der Waals surface area contributed by atoms with Gasteiger partial charge in [0.1, 0.15) is 0 Å². The van der Waals surface area contributed by atoms with Crippen molar-refractivity contribution in [3.8, 4) is 0 Å². The van der Waals surface area contributed by atoms with Crippen LogP contribution in [0.25, 0.3) is 0 Å². The van der Waals surface area contributed by atoms with Crippen LogP contribution in [0, 0.1) is 0 Å². The lowest BCUT2D eigenvalue weighted by molar-refractivity contribution is 0.114. The summed E-state index contributed by atoms with van der Waals surface area (Å²) in [5.41, 5.74) is 2.41. The highest BCUT2D eigenvalue weighted by Crippen LogP contribution is 2.36. The minimum Gasteiger partial charge on any atom is -0.359 e. The lowest BCUT2D eigenvalue weighted by Crippen LogP contribution is -2.52. The topological polar surface area (TPSA) is 65.7 Å². The van der Waals surface area contributed by atoms with Crippen LogP contribution in [0.5, 0.6) is 0 Å². The third-order valence-electron chi connectivity index (χ3n) is 6.26. The minimum atomic E-state index is 0. The van der Waals surface area contributed by atoms with Gasteiger partial charge in [0.2, 0.25) is 0 Å². The number of rotatable bonds is 6. The van der Waals surface area contributed by atoms with E-state index in [9.17, 15) is 0 Å². The molecule has 0 aliphatic carbocycles. The van der Waals surface area contributed by atoms with E-state index < -0.39 is 0 Å². The van der Waals surface area contributed by atoms with Crippen molar-refractivity contribution in [2.24, 2.45) is 4.99 Å². The molecule has 2 saturated heterocycles. The maximum Gasteiger partial charge on any atom is 0.191 e. The predicted octanol–water partition coefficient (Wildman–Crippen LogP) is 4.28. The molecule has 30 heavy (non-hydrogen) atoms. The van der Waals surface area contributed by atoms with Gasteiger partial charge in [-0.2, -0.15) is 0 Å². The van der Waals surface area contributed by atoms with Crippen molar-refractivity contribution in [3.63, 3.8) is 0 Å². The van der Waals surface area contributed by atoms with Gasteiger partial charge < -0.3 is 15.2 Å². The lowest BCUT2D eigenvalue weighted by atomic mass is 9.96. The Morgan fingerprint density at radius 1 is 1.20 bits per heavy atom. The van der Waals surface area contributed by atoms with E-state index in [1.807, 2.05) is 13.1 Å². The van der Waals surface area contributed by atoms with Crippen molar-refractivity contribution < 1.29 is 4.52 Å². The maximum atomic E-state index is 5.42. The number of halogens is 1. The summed E-state index contributed by atoms with van der Waals surface area (Å²) in [6.45, 7) is 5.90. The average Bonchev–Trinajstić information content (AvgIpc) is 3.28. The molecule has 0 saturated carbocycles. The van der Waals surface area contributed by atoms with Crippen molar-refractivity contribution in [3.05, 3.63) is 53.4 Å². The molecule has 2 fully saturated rings. The van der Waals surface area contributed by atoms with E-state index in [-0.39, 0.29) is 24.0 Å². The SMILES string of the molecule is CN=C(NCc1cc(C(C)C)no1)NC1CC2CCC(C1)N2Cc1ccccc1.I. The van der Waals surface area contributed by atoms with Crippen LogP contribution in [0.4, 0.5) is 0 Å². The van der Waals surface area contributed by atoms with Gasteiger partial charge in [-0.15, -0.1) is 24.0 Å². The predicted molar refractivity (Wildman–Crippen MR) is 131 cm³/mol. The van der Waals surface area contributed by atoms with Gasteiger partial charge in [0.25, 0.3) is 0 Å². The van der Waals surface area contributed by atoms with E-state index in [4.69, 9.17) is 4.52 Å². The molecule has 3 heterocycles. The van der Waals surface area contributed by atoms with Crippen molar-refractivity contribution in [2.45, 2.75) is 76.7 Å². The van der Waals surface area contributed by atoms with Crippen molar-refractivity contribution >= 4 is 29.9 Å². The van der Waals surface area contributed by atoms with E-state index >= 15 is 0 Å². The second kappa shape index (κ2) is 10.6. The Hall–Kier alpha value is -1.61. The molecule has 2 aromatic rings. The first-order valence-electron chi connectivity index (χ1n) is 10.8. The summed E-state index contributed by atoms with van der Waals surface area (Å²) in [6.07, 6.45) is 4.95. The Kier molecular flexibility index (Phi) is 8.16. The van der Waals surface area contributed by atoms with Crippen molar-refractivity contribution in [2.75, 3.05) is 7.05 Å². The fraction of sp³-hybridized carbons (Fsp3) is 0.565. The van der Waals surface area contributed by atoms with Crippen LogP contribution in [0.1, 0.15) is 62.5 Å². The van der Waals surface area contributed by atoms with Crippen LogP contribution < -0.4 is 10.6 Å². The fourth-order valence-corrected chi connectivity index (χ4v) is 4.69. The van der Waals surface area contributed by atoms with E-state index in [2.05, 4.69) is 69.9 Å². The van der Waals surface area contributed by atoms with Gasteiger partial charge in [0.15, 0.2) is 11.7 Å². The first kappa shape index (κ1) is 23.1. The summed E-state index contributed by atoms with van der Waals surface area (Å²) in [5, 5.41) is 11.1. The Labute approximate surface area is 196 Å². The number of nitrogens with one attached hydrogen (secondary N) is 2. The summed E-state index contributed by atoms with van der Waals surface area (Å²) in [4.78, 5) is 7.13. The highest BCUT2D eigenvalue weighted by Gasteiger charge is 2.40. The molecular weight excluding hydrogens is 489 g/mol. The maximum absolute atomic E-state index is 5.42. The number of aliphatic imine (C=N–C) groups is 1. The van der Waals surface area contributed by atoms with Gasteiger partial charge in [-0.1, -0.05) is 49.3 Å². The van der Waals surface area contributed by atoms with Crippen LogP contribution in [0.3, 0.4) is 0 Å². The van der Waals surface area contributed by atoms with Crippen LogP contribution >= 0.6 is 24.0 Å². The van der Waals surface area contributed by atoms with Crippen LogP contribution in [-0.4, -0.2) is 41.2 Å². The molecule has 2 aliphatic heterocycles. The molecule has 164 valence electrons. The highest BCUT2D eigenvalue weighted by atomic mass is 127. The van der Waals surface area contributed by atoms with E-state index in [1.54, 1.807) is 0 Å². The molecule has 1 aromatic heterocycles. The van der Waals surface area contributed by atoms with E-state index in [1.165, 1.54) is 31.2 Å². The summed E-state index contributed by atoms with van der Waals surface area (Å²) < 4.78 is 5.42. The summed E-state index contributed by atoms with van der Waals surface area (Å²) in [6, 6.07) is 14.7. The molecule has 7 heteroatoms. The largest absolute Gasteiger partial charge is 0.359 e. The Balaban J connectivity index is 0.00000256. The Bertz CT molecular complexity index is 808. The molecule has 2 aliphatic rings. The van der Waals surface area contributed by atoms with Gasteiger partial charge in [-0.3, -0.25) is 9.89 Å². The van der Waals surface area contributed by atoms with Crippen molar-refractivity contribution in [1.82, 2.24) is 20.7 Å². The zero-order valence-corrected chi connectivity index (χ0v) is 20.5. The number of guanidine groups is 1. The summed E-state index contributed by atoms with van der Waals surface area (Å²) in [5.74, 6) is 2.06. The Morgan fingerprint density at radius 2 is 1.90 bits per heavy atom. The number of hydrogen-bond acceptors (Lipinski definition) is 4. The quantitative estimate of drug-likeness (QED) is 0.336. The molecule has 0 radical (unpaired) electrons. The van der Waals surface area contributed by atoms with Gasteiger partial charge in [-0.05, 0) is 37.2 Å². The standard InChI is InChI=1S/C23H33N5O.HI/c1-16(2)22-13-21(29-27-22)14-25-23(24-3)26-18-11-19-9-10-20(12-18)28(19)15-17-7-5-4-6-8-17;/h4-8,13,16,18-20H,9-12,14-15H2,1-3H3,(H2,24,25,26);1H. The third-order valence-corrected chi connectivity index (χ3v) is 6.26. The van der Waals surface area contributed by atoms with E-state index in [0.29, 0.717) is 30.6 Å². The van der Waals surface area contributed by atoms with E-state index in [0.717, 1.165) is 24.0 Å². The molecule has 2 unspecified atom stereocenters. The van der Waals surface area contributed by atoms with Gasteiger partial charge in [0, 0.05) is 37.8 Å². The number of fused-ring (bicyclic) bond motifs is 2. The van der Waals surface area contributed by atoms with Crippen LogP contribution in [-0.2, 0) is 13.1 Å². The molecular formula is C23H34IN5O. The van der Waals surface area contributed by atoms with Crippen molar-refractivity contribution in [1.29, 1.82) is 0 Å². The molecule has 0 amide bonds. The fourth-order valence-electron chi connectivity index (χ4n) is 4.69. The number of piperidine rings is 1. The molecule has 6 nitrogen and oxygen atoms in total. The monoisotopic (exact) mass is 523 g/mol. The first-order chi connectivity index (χ1) is 14.1. The summed E-state index contributed by atoms with van der Waals surface area (Å²) in [7, 11) is 1.83. The Morgan fingerprint density at radius 3 is 2.50 bits per heavy atom. The first-order valence-corrected chi connectivity index (χ1v) is 10.8. The minimum absolute atomic E-state index is 0. The van der Waals surface area contributed by atoms with Crippen LogP contribution in [0.2, 0.25) is 0 Å². The van der Waals surface area contributed by atoms with Crippen LogP contribution in [0.15, 0.2) is 45.9 Å². The molecule has 0 spiro atoms. The third kappa shape index (κ3) is 5.55. The summed E-state index contributed by atoms with van der Waals surface area (Å²) >= 11 is 0.